The molecule has 3 aromatic rings. The van der Waals surface area contributed by atoms with Crippen molar-refractivity contribution in [3.63, 3.8) is 0 Å². The molecule has 8 heteroatoms. The van der Waals surface area contributed by atoms with E-state index in [9.17, 15) is 13.2 Å². The van der Waals surface area contributed by atoms with E-state index >= 15 is 0 Å². The maximum atomic E-state index is 12.8. The fourth-order valence-electron chi connectivity index (χ4n) is 5.74. The van der Waals surface area contributed by atoms with Gasteiger partial charge in [-0.1, -0.05) is 54.6 Å². The van der Waals surface area contributed by atoms with Crippen LogP contribution in [-0.4, -0.2) is 71.4 Å². The Labute approximate surface area is 231 Å². The molecule has 3 aromatic carbocycles. The number of likely N-dealkylation sites (N-methyl/N-ethyl adjacent to an activating group) is 1. The lowest BCUT2D eigenvalue weighted by Crippen LogP contribution is -2.45. The van der Waals surface area contributed by atoms with Crippen LogP contribution in [0.1, 0.15) is 33.9 Å². The third-order valence-electron chi connectivity index (χ3n) is 7.90. The third kappa shape index (κ3) is 6.35. The Kier molecular flexibility index (Phi) is 8.35. The van der Waals surface area contributed by atoms with Crippen LogP contribution in [0.15, 0.2) is 66.7 Å². The maximum Gasteiger partial charge on any atom is 0.158 e. The zero-order chi connectivity index (χ0) is 27.4. The van der Waals surface area contributed by atoms with Gasteiger partial charge in [-0.2, -0.15) is 0 Å². The number of anilines is 1. The number of hydrogen-bond acceptors (Lipinski definition) is 7. The number of fused-ring (bicyclic) bond motifs is 1. The average molecular weight is 548 g/mol. The van der Waals surface area contributed by atoms with Gasteiger partial charge in [-0.3, -0.25) is 4.90 Å². The predicted molar refractivity (Wildman–Crippen MR) is 155 cm³/mol. The third-order valence-corrected chi connectivity index (χ3v) is 9.44. The first-order chi connectivity index (χ1) is 18.9. The van der Waals surface area contributed by atoms with E-state index in [2.05, 4.69) is 33.9 Å². The average Bonchev–Trinajstić information content (AvgIpc) is 2.94. The molecule has 0 saturated carbocycles. The van der Waals surface area contributed by atoms with Gasteiger partial charge in [0.15, 0.2) is 9.84 Å². The van der Waals surface area contributed by atoms with Gasteiger partial charge in [-0.05, 0) is 47.9 Å². The monoisotopic (exact) mass is 547 g/mol. The maximum absolute atomic E-state index is 12.8. The first-order valence-electron chi connectivity index (χ1n) is 13.5. The van der Waals surface area contributed by atoms with Crippen LogP contribution in [0.5, 0.6) is 5.75 Å². The molecular weight excluding hydrogens is 510 g/mol. The molecule has 1 saturated heterocycles. The molecule has 1 atom stereocenters. The Balaban J connectivity index is 1.33. The van der Waals surface area contributed by atoms with Gasteiger partial charge in [0.2, 0.25) is 0 Å². The Morgan fingerprint density at radius 1 is 0.846 bits per heavy atom. The van der Waals surface area contributed by atoms with Crippen molar-refractivity contribution < 1.29 is 17.9 Å². The molecule has 2 heterocycles. The summed E-state index contributed by atoms with van der Waals surface area (Å²) in [7, 11) is 0.564. The number of piperazine rings is 1. The normalized spacial score (nSPS) is 17.4. The van der Waals surface area contributed by atoms with Crippen LogP contribution in [0.3, 0.4) is 0 Å². The molecule has 5 rings (SSSR count). The first kappa shape index (κ1) is 27.4. The molecule has 2 aliphatic heterocycles. The fraction of sp³-hybridized carbons (Fsp3) is 0.387. The summed E-state index contributed by atoms with van der Waals surface area (Å²) in [5, 5.41) is 0. The number of ether oxygens (including phenoxy) is 1. The second-order valence-electron chi connectivity index (χ2n) is 10.6. The Morgan fingerprint density at radius 3 is 2.15 bits per heavy atom. The first-order valence-corrected chi connectivity index (χ1v) is 15.3. The number of hydrogen-bond donors (Lipinski definition) is 0. The summed E-state index contributed by atoms with van der Waals surface area (Å²) in [6.45, 7) is 5.39. The highest BCUT2D eigenvalue weighted by Crippen LogP contribution is 2.38. The quantitative estimate of drug-likeness (QED) is 0.377. The van der Waals surface area contributed by atoms with E-state index < -0.39 is 15.9 Å². The number of nitrogens with zero attached hydrogens (tertiary/aromatic N) is 3. The molecule has 0 radical (unpaired) electrons. The van der Waals surface area contributed by atoms with Gasteiger partial charge in [0.1, 0.15) is 12.0 Å². The number of benzene rings is 3. The van der Waals surface area contributed by atoms with Crippen molar-refractivity contribution in [2.75, 3.05) is 51.8 Å². The lowest BCUT2D eigenvalue weighted by atomic mass is 9.93. The molecule has 206 valence electrons. The molecule has 39 heavy (non-hydrogen) atoms. The topological polar surface area (TPSA) is 70.2 Å². The fourth-order valence-corrected chi connectivity index (χ4v) is 7.24. The van der Waals surface area contributed by atoms with Crippen LogP contribution in [0.2, 0.25) is 0 Å². The SMILES string of the molecule is COc1ccc(N2CCN(C)CC2)c2c1CCN([C@H](C=O)c1ccc(CS(=O)(=O)Cc3ccccc3)cc1)C2. The summed E-state index contributed by atoms with van der Waals surface area (Å²) in [5.74, 6) is 0.893. The lowest BCUT2D eigenvalue weighted by Gasteiger charge is -2.39. The van der Waals surface area contributed by atoms with E-state index in [0.29, 0.717) is 6.54 Å². The van der Waals surface area contributed by atoms with Gasteiger partial charge in [-0.25, -0.2) is 8.42 Å². The van der Waals surface area contributed by atoms with Crippen molar-refractivity contribution in [3.8, 4) is 5.75 Å². The molecule has 0 aliphatic carbocycles. The molecule has 0 N–H and O–H groups in total. The van der Waals surface area contributed by atoms with E-state index in [1.165, 1.54) is 16.8 Å². The van der Waals surface area contributed by atoms with Gasteiger partial charge in [0, 0.05) is 50.5 Å². The van der Waals surface area contributed by atoms with Gasteiger partial charge in [0.05, 0.1) is 24.7 Å². The van der Waals surface area contributed by atoms with E-state index in [4.69, 9.17) is 4.74 Å². The van der Waals surface area contributed by atoms with E-state index in [1.807, 2.05) is 54.6 Å². The molecule has 2 aliphatic rings. The summed E-state index contributed by atoms with van der Waals surface area (Å²) < 4.78 is 31.2. The van der Waals surface area contributed by atoms with Crippen molar-refractivity contribution in [3.05, 3.63) is 94.5 Å². The number of carbonyl (C=O) groups excluding carboxylic acids is 1. The van der Waals surface area contributed by atoms with Gasteiger partial charge >= 0.3 is 0 Å². The molecule has 0 bridgehead atoms. The van der Waals surface area contributed by atoms with Crippen molar-refractivity contribution in [2.24, 2.45) is 0 Å². The van der Waals surface area contributed by atoms with Crippen LogP contribution in [-0.2, 0) is 39.1 Å². The second-order valence-corrected chi connectivity index (χ2v) is 12.7. The Bertz CT molecular complexity index is 1390. The Hall–Kier alpha value is -3.20. The number of methoxy groups -OCH3 is 1. The highest BCUT2D eigenvalue weighted by atomic mass is 32.2. The van der Waals surface area contributed by atoms with E-state index in [1.54, 1.807) is 7.11 Å². The van der Waals surface area contributed by atoms with Crippen molar-refractivity contribution in [1.29, 1.82) is 0 Å². The standard InChI is InChI=1S/C31H37N3O4S/c1-32-16-18-33(19-17-32)29-12-13-31(38-2)27-14-15-34(20-28(27)29)30(21-35)26-10-8-25(9-11-26)23-39(36,37)22-24-6-4-3-5-7-24/h3-13,21,30H,14-20,22-23H2,1-2H3/t30-/m1/s1. The smallest absolute Gasteiger partial charge is 0.158 e. The van der Waals surface area contributed by atoms with Crippen LogP contribution in [0.25, 0.3) is 0 Å². The molecule has 0 aromatic heterocycles. The number of aldehydes is 1. The summed E-state index contributed by atoms with van der Waals surface area (Å²) in [4.78, 5) is 19.4. The van der Waals surface area contributed by atoms with Crippen LogP contribution >= 0.6 is 0 Å². The minimum absolute atomic E-state index is 0.0127. The van der Waals surface area contributed by atoms with Crippen LogP contribution in [0.4, 0.5) is 5.69 Å². The molecule has 0 amide bonds. The minimum Gasteiger partial charge on any atom is -0.496 e. The summed E-state index contributed by atoms with van der Waals surface area (Å²) in [6.07, 6.45) is 1.81. The summed E-state index contributed by atoms with van der Waals surface area (Å²) in [6, 6.07) is 20.5. The van der Waals surface area contributed by atoms with Gasteiger partial charge in [0.25, 0.3) is 0 Å². The van der Waals surface area contributed by atoms with Crippen molar-refractivity contribution in [2.45, 2.75) is 30.5 Å². The lowest BCUT2D eigenvalue weighted by molar-refractivity contribution is -0.113. The molecule has 0 spiro atoms. The van der Waals surface area contributed by atoms with E-state index in [0.717, 1.165) is 67.9 Å². The highest BCUT2D eigenvalue weighted by molar-refractivity contribution is 7.89. The zero-order valence-electron chi connectivity index (χ0n) is 22.8. The van der Waals surface area contributed by atoms with Crippen molar-refractivity contribution in [1.82, 2.24) is 9.80 Å². The van der Waals surface area contributed by atoms with Gasteiger partial charge in [-0.15, -0.1) is 0 Å². The predicted octanol–water partition coefficient (Wildman–Crippen LogP) is 3.86. The zero-order valence-corrected chi connectivity index (χ0v) is 23.6. The van der Waals surface area contributed by atoms with Crippen LogP contribution in [0, 0.1) is 0 Å². The highest BCUT2D eigenvalue weighted by Gasteiger charge is 2.30. The summed E-state index contributed by atoms with van der Waals surface area (Å²) >= 11 is 0. The minimum atomic E-state index is -3.31. The largest absolute Gasteiger partial charge is 0.496 e. The number of carbonyl (C=O) groups is 1. The Morgan fingerprint density at radius 2 is 1.51 bits per heavy atom. The second kappa shape index (κ2) is 11.9. The molecule has 7 nitrogen and oxygen atoms in total. The number of sulfone groups is 1. The van der Waals surface area contributed by atoms with Crippen molar-refractivity contribution >= 4 is 21.8 Å². The van der Waals surface area contributed by atoms with Crippen LogP contribution < -0.4 is 9.64 Å². The van der Waals surface area contributed by atoms with Gasteiger partial charge < -0.3 is 19.3 Å². The number of rotatable bonds is 9. The summed E-state index contributed by atoms with van der Waals surface area (Å²) in [5.41, 5.74) is 6.09. The molecule has 1 fully saturated rings. The molecular formula is C31H37N3O4S. The molecule has 0 unspecified atom stereocenters. The van der Waals surface area contributed by atoms with E-state index in [-0.39, 0.29) is 11.5 Å².